The molecule has 1 aromatic heterocycles. The monoisotopic (exact) mass is 225 g/mol. The molecule has 0 aromatic carbocycles. The summed E-state index contributed by atoms with van der Waals surface area (Å²) in [5.41, 5.74) is -1.16. The molecule has 0 saturated carbocycles. The molecule has 0 fully saturated rings. The second kappa shape index (κ2) is 4.61. The van der Waals surface area contributed by atoms with Crippen LogP contribution in [-0.4, -0.2) is 10.1 Å². The van der Waals surface area contributed by atoms with Gasteiger partial charge in [0.25, 0.3) is 6.43 Å². The summed E-state index contributed by atoms with van der Waals surface area (Å²) >= 11 is 5.30. The molecule has 0 aliphatic heterocycles. The fraction of sp³-hybridized carbons (Fsp3) is 0.375. The van der Waals surface area contributed by atoms with Crippen molar-refractivity contribution in [3.05, 3.63) is 28.8 Å². The van der Waals surface area contributed by atoms with E-state index in [0.29, 0.717) is 0 Å². The highest BCUT2D eigenvalue weighted by atomic mass is 35.5. The van der Waals surface area contributed by atoms with E-state index in [2.05, 4.69) is 4.98 Å². The summed E-state index contributed by atoms with van der Waals surface area (Å²) in [5, 5.41) is 8.62. The lowest BCUT2D eigenvalue weighted by Gasteiger charge is -2.08. The molecule has 0 aliphatic carbocycles. The van der Waals surface area contributed by atoms with E-state index in [1.165, 1.54) is 0 Å². The Hall–Kier alpha value is -0.810. The Bertz CT molecular complexity index is 333. The van der Waals surface area contributed by atoms with Crippen LogP contribution in [0.4, 0.5) is 13.2 Å². The molecule has 0 unspecified atom stereocenters. The van der Waals surface area contributed by atoms with Crippen LogP contribution in [0.25, 0.3) is 0 Å². The molecule has 1 N–H and O–H groups in total. The van der Waals surface area contributed by atoms with E-state index < -0.39 is 24.5 Å². The molecule has 0 amide bonds. The van der Waals surface area contributed by atoms with E-state index in [4.69, 9.17) is 16.7 Å². The highest BCUT2D eigenvalue weighted by Gasteiger charge is 2.19. The van der Waals surface area contributed by atoms with Crippen LogP contribution in [0.5, 0.6) is 0 Å². The van der Waals surface area contributed by atoms with Gasteiger partial charge in [0.2, 0.25) is 0 Å². The van der Waals surface area contributed by atoms with Gasteiger partial charge in [0.15, 0.2) is 0 Å². The van der Waals surface area contributed by atoms with Crippen LogP contribution in [-0.2, 0) is 12.5 Å². The van der Waals surface area contributed by atoms with Gasteiger partial charge >= 0.3 is 0 Å². The Balaban J connectivity index is 3.28. The number of rotatable bonds is 3. The van der Waals surface area contributed by atoms with Gasteiger partial charge in [-0.3, -0.25) is 0 Å². The third-order valence-electron chi connectivity index (χ3n) is 1.66. The van der Waals surface area contributed by atoms with E-state index in [1.54, 1.807) is 0 Å². The molecule has 78 valence electrons. The first-order chi connectivity index (χ1) is 6.60. The van der Waals surface area contributed by atoms with Gasteiger partial charge in [0.1, 0.15) is 11.5 Å². The Morgan fingerprint density at radius 2 is 2.14 bits per heavy atom. The molecule has 0 saturated heterocycles. The summed E-state index contributed by atoms with van der Waals surface area (Å²) in [6, 6.07) is 0.892. The maximum Gasteiger partial charge on any atom is 0.280 e. The van der Waals surface area contributed by atoms with Gasteiger partial charge in [0.05, 0.1) is 18.2 Å². The number of hydrogen-bond acceptors (Lipinski definition) is 2. The Morgan fingerprint density at radius 1 is 1.50 bits per heavy atom. The molecule has 1 heterocycles. The average Bonchev–Trinajstić information content (AvgIpc) is 2.16. The van der Waals surface area contributed by atoms with E-state index in [9.17, 15) is 13.2 Å². The van der Waals surface area contributed by atoms with Gasteiger partial charge in [-0.1, -0.05) is 0 Å². The van der Waals surface area contributed by atoms with E-state index in [-0.39, 0.29) is 17.1 Å². The summed E-state index contributed by atoms with van der Waals surface area (Å²) < 4.78 is 37.8. The van der Waals surface area contributed by atoms with Gasteiger partial charge in [-0.25, -0.2) is 18.2 Å². The van der Waals surface area contributed by atoms with Gasteiger partial charge in [0, 0.05) is 5.56 Å². The highest BCUT2D eigenvalue weighted by Crippen LogP contribution is 2.25. The Labute approximate surface area is 83.3 Å². The standard InChI is InChI=1S/C8H7ClF3NO/c9-2-5-6(10)1-4(3-14)13-7(5)8(11)12/h1,8,14H,2-3H2. The van der Waals surface area contributed by atoms with Crippen molar-refractivity contribution in [1.82, 2.24) is 4.98 Å². The van der Waals surface area contributed by atoms with E-state index >= 15 is 0 Å². The zero-order chi connectivity index (χ0) is 10.7. The van der Waals surface area contributed by atoms with E-state index in [1.807, 2.05) is 0 Å². The van der Waals surface area contributed by atoms with Crippen molar-refractivity contribution >= 4 is 11.6 Å². The fourth-order valence-corrected chi connectivity index (χ4v) is 1.27. The number of aliphatic hydroxyl groups is 1. The van der Waals surface area contributed by atoms with Crippen molar-refractivity contribution < 1.29 is 18.3 Å². The van der Waals surface area contributed by atoms with Crippen molar-refractivity contribution in [3.63, 3.8) is 0 Å². The van der Waals surface area contributed by atoms with Crippen LogP contribution in [0.15, 0.2) is 6.07 Å². The number of nitrogens with zero attached hydrogens (tertiary/aromatic N) is 1. The predicted octanol–water partition coefficient (Wildman–Crippen LogP) is 2.39. The zero-order valence-corrected chi connectivity index (χ0v) is 7.73. The van der Waals surface area contributed by atoms with E-state index in [0.717, 1.165) is 6.07 Å². The number of alkyl halides is 3. The number of aromatic nitrogens is 1. The van der Waals surface area contributed by atoms with Crippen molar-refractivity contribution in [2.24, 2.45) is 0 Å². The minimum Gasteiger partial charge on any atom is -0.390 e. The second-order valence-electron chi connectivity index (χ2n) is 2.55. The molecule has 0 bridgehead atoms. The van der Waals surface area contributed by atoms with Crippen LogP contribution in [0.2, 0.25) is 0 Å². The van der Waals surface area contributed by atoms with Crippen LogP contribution in [0.3, 0.4) is 0 Å². The molecule has 2 nitrogen and oxygen atoms in total. The van der Waals surface area contributed by atoms with Crippen molar-refractivity contribution in [2.45, 2.75) is 18.9 Å². The quantitative estimate of drug-likeness (QED) is 0.802. The van der Waals surface area contributed by atoms with Crippen molar-refractivity contribution in [3.8, 4) is 0 Å². The third kappa shape index (κ3) is 2.16. The lowest BCUT2D eigenvalue weighted by atomic mass is 10.2. The zero-order valence-electron chi connectivity index (χ0n) is 6.98. The molecular weight excluding hydrogens is 219 g/mol. The van der Waals surface area contributed by atoms with Gasteiger partial charge in [-0.15, -0.1) is 11.6 Å². The lowest BCUT2D eigenvalue weighted by molar-refractivity contribution is 0.143. The summed E-state index contributed by atoms with van der Waals surface area (Å²) in [5.74, 6) is -1.24. The fourth-order valence-electron chi connectivity index (χ4n) is 1.00. The molecule has 6 heteroatoms. The molecule has 1 rings (SSSR count). The molecule has 0 spiro atoms. The van der Waals surface area contributed by atoms with Crippen LogP contribution in [0, 0.1) is 5.82 Å². The summed E-state index contributed by atoms with van der Waals surface area (Å²) in [4.78, 5) is 3.40. The Morgan fingerprint density at radius 3 is 2.57 bits per heavy atom. The molecule has 1 aromatic rings. The maximum atomic E-state index is 13.1. The first kappa shape index (κ1) is 11.3. The van der Waals surface area contributed by atoms with Gasteiger partial charge < -0.3 is 5.11 Å². The normalized spacial score (nSPS) is 11.0. The summed E-state index contributed by atoms with van der Waals surface area (Å²) in [6.45, 7) is -0.584. The van der Waals surface area contributed by atoms with Gasteiger partial charge in [-0.2, -0.15) is 0 Å². The van der Waals surface area contributed by atoms with Crippen LogP contribution < -0.4 is 0 Å². The average molecular weight is 226 g/mol. The number of halogens is 4. The largest absolute Gasteiger partial charge is 0.390 e. The molecule has 14 heavy (non-hydrogen) atoms. The molecular formula is C8H7ClF3NO. The SMILES string of the molecule is OCc1cc(F)c(CCl)c(C(F)F)n1. The summed E-state index contributed by atoms with van der Waals surface area (Å²) in [6.07, 6.45) is -2.90. The first-order valence-corrected chi connectivity index (χ1v) is 4.26. The van der Waals surface area contributed by atoms with Crippen molar-refractivity contribution in [2.75, 3.05) is 0 Å². The number of hydrogen-bond donors (Lipinski definition) is 1. The van der Waals surface area contributed by atoms with Crippen LogP contribution >= 0.6 is 11.6 Å². The van der Waals surface area contributed by atoms with Crippen LogP contribution in [0.1, 0.15) is 23.4 Å². The molecule has 0 radical (unpaired) electrons. The minimum atomic E-state index is -2.90. The maximum absolute atomic E-state index is 13.1. The van der Waals surface area contributed by atoms with Gasteiger partial charge in [-0.05, 0) is 6.07 Å². The lowest BCUT2D eigenvalue weighted by Crippen LogP contribution is -2.04. The molecule has 0 aliphatic rings. The third-order valence-corrected chi connectivity index (χ3v) is 1.92. The number of pyridine rings is 1. The predicted molar refractivity (Wildman–Crippen MR) is 44.6 cm³/mol. The first-order valence-electron chi connectivity index (χ1n) is 3.73. The topological polar surface area (TPSA) is 33.1 Å². The van der Waals surface area contributed by atoms with Crippen molar-refractivity contribution in [1.29, 1.82) is 0 Å². The number of aliphatic hydroxyl groups excluding tert-OH is 1. The highest BCUT2D eigenvalue weighted by molar-refractivity contribution is 6.17. The Kier molecular flexibility index (Phi) is 3.71. The molecule has 0 atom stereocenters. The minimum absolute atomic E-state index is 0.133. The summed E-state index contributed by atoms with van der Waals surface area (Å²) in [7, 11) is 0. The second-order valence-corrected chi connectivity index (χ2v) is 2.82. The smallest absolute Gasteiger partial charge is 0.280 e.